The molecular weight excluding hydrogens is 351 g/mol. The number of halogens is 1. The van der Waals surface area contributed by atoms with Crippen molar-refractivity contribution in [1.82, 2.24) is 9.88 Å². The number of nitrogens with zero attached hydrogens (tertiary/aromatic N) is 1. The maximum absolute atomic E-state index is 13.3. The van der Waals surface area contributed by atoms with Gasteiger partial charge >= 0.3 is 0 Å². The normalized spacial score (nSPS) is 16.2. The molecule has 28 heavy (non-hydrogen) atoms. The first-order valence-corrected chi connectivity index (χ1v) is 9.43. The number of carbonyl (C=O) groups excluding carboxylic acids is 1. The van der Waals surface area contributed by atoms with Crippen molar-refractivity contribution in [2.75, 3.05) is 6.54 Å². The van der Waals surface area contributed by atoms with E-state index in [9.17, 15) is 9.18 Å². The van der Waals surface area contributed by atoms with E-state index in [4.69, 9.17) is 0 Å². The molecule has 0 aliphatic carbocycles. The number of amides is 1. The van der Waals surface area contributed by atoms with Crippen molar-refractivity contribution < 1.29 is 9.18 Å². The van der Waals surface area contributed by atoms with E-state index in [1.807, 2.05) is 35.2 Å². The van der Waals surface area contributed by atoms with Crippen molar-refractivity contribution in [3.63, 3.8) is 0 Å². The summed E-state index contributed by atoms with van der Waals surface area (Å²) in [5.41, 5.74) is 4.98. The second-order valence-electron chi connectivity index (χ2n) is 7.13. The van der Waals surface area contributed by atoms with Crippen LogP contribution in [0.25, 0.3) is 10.9 Å². The zero-order chi connectivity index (χ0) is 19.1. The number of aromatic amines is 1. The number of benzene rings is 3. The van der Waals surface area contributed by atoms with Crippen LogP contribution < -0.4 is 0 Å². The Balaban J connectivity index is 1.65. The molecule has 138 valence electrons. The number of fused-ring (bicyclic) bond motifs is 3. The molecule has 1 N–H and O–H groups in total. The summed E-state index contributed by atoms with van der Waals surface area (Å²) in [6.07, 6.45) is 0.787. The number of rotatable bonds is 2. The maximum atomic E-state index is 13.3. The number of hydrogen-bond donors (Lipinski definition) is 1. The number of hydrogen-bond acceptors (Lipinski definition) is 1. The molecule has 1 amide bonds. The molecule has 1 aliphatic heterocycles. The van der Waals surface area contributed by atoms with Gasteiger partial charge in [-0.1, -0.05) is 48.5 Å². The fourth-order valence-corrected chi connectivity index (χ4v) is 4.20. The quantitative estimate of drug-likeness (QED) is 0.524. The highest BCUT2D eigenvalue weighted by Crippen LogP contribution is 2.38. The first-order chi connectivity index (χ1) is 13.7. The van der Waals surface area contributed by atoms with Crippen molar-refractivity contribution in [2.45, 2.75) is 12.5 Å². The van der Waals surface area contributed by atoms with Gasteiger partial charge in [-0.15, -0.1) is 0 Å². The largest absolute Gasteiger partial charge is 0.356 e. The van der Waals surface area contributed by atoms with Crippen molar-refractivity contribution in [2.24, 2.45) is 0 Å². The second kappa shape index (κ2) is 6.64. The number of aromatic nitrogens is 1. The molecule has 3 aromatic carbocycles. The highest BCUT2D eigenvalue weighted by Gasteiger charge is 2.34. The molecule has 0 bridgehead atoms. The molecule has 1 aliphatic rings. The van der Waals surface area contributed by atoms with E-state index in [0.29, 0.717) is 12.1 Å². The fraction of sp³-hybridized carbons (Fsp3) is 0.125. The molecule has 0 saturated carbocycles. The Morgan fingerprint density at radius 1 is 0.929 bits per heavy atom. The Hall–Kier alpha value is -3.40. The zero-order valence-corrected chi connectivity index (χ0v) is 15.2. The Morgan fingerprint density at radius 2 is 1.64 bits per heavy atom. The van der Waals surface area contributed by atoms with E-state index < -0.39 is 0 Å². The second-order valence-corrected chi connectivity index (χ2v) is 7.13. The van der Waals surface area contributed by atoms with Crippen molar-refractivity contribution in [3.05, 3.63) is 107 Å². The molecule has 2 heterocycles. The van der Waals surface area contributed by atoms with Crippen molar-refractivity contribution in [1.29, 1.82) is 0 Å². The summed E-state index contributed by atoms with van der Waals surface area (Å²) >= 11 is 0. The summed E-state index contributed by atoms with van der Waals surface area (Å²) in [5, 5.41) is 1.22. The summed E-state index contributed by atoms with van der Waals surface area (Å²) in [6, 6.07) is 23.9. The van der Waals surface area contributed by atoms with Gasteiger partial charge in [-0.25, -0.2) is 4.39 Å². The van der Waals surface area contributed by atoms with Gasteiger partial charge in [-0.05, 0) is 47.9 Å². The Bertz CT molecular complexity index is 1150. The summed E-state index contributed by atoms with van der Waals surface area (Å²) in [6.45, 7) is 0.616. The van der Waals surface area contributed by atoms with Gasteiger partial charge < -0.3 is 9.88 Å². The van der Waals surface area contributed by atoms with Crippen LogP contribution in [0.4, 0.5) is 4.39 Å². The standard InChI is InChI=1S/C24H19FN2O/c25-18-12-10-17(11-13-18)24(28)27-15-14-20-19-8-4-5-9-21(19)26-22(20)23(27)16-6-2-1-3-7-16/h1-13,23,26H,14-15H2/t23-/m0/s1. The van der Waals surface area contributed by atoms with Gasteiger partial charge in [0.1, 0.15) is 5.82 Å². The lowest BCUT2D eigenvalue weighted by molar-refractivity contribution is 0.0692. The predicted molar refractivity (Wildman–Crippen MR) is 108 cm³/mol. The van der Waals surface area contributed by atoms with E-state index in [-0.39, 0.29) is 17.8 Å². The van der Waals surface area contributed by atoms with E-state index in [1.54, 1.807) is 12.1 Å². The van der Waals surface area contributed by atoms with Crippen molar-refractivity contribution in [3.8, 4) is 0 Å². The smallest absolute Gasteiger partial charge is 0.254 e. The molecule has 0 saturated heterocycles. The number of H-pyrrole nitrogens is 1. The van der Waals surface area contributed by atoms with Gasteiger partial charge in [0, 0.05) is 28.7 Å². The number of para-hydroxylation sites is 1. The summed E-state index contributed by atoms with van der Waals surface area (Å²) in [4.78, 5) is 18.8. The Morgan fingerprint density at radius 3 is 2.43 bits per heavy atom. The van der Waals surface area contributed by atoms with Gasteiger partial charge in [-0.3, -0.25) is 4.79 Å². The minimum absolute atomic E-state index is 0.0850. The Kier molecular flexibility index (Phi) is 3.97. The third-order valence-corrected chi connectivity index (χ3v) is 5.50. The molecular formula is C24H19FN2O. The van der Waals surface area contributed by atoms with Crippen LogP contribution in [-0.4, -0.2) is 22.3 Å². The van der Waals surface area contributed by atoms with E-state index in [0.717, 1.165) is 23.2 Å². The van der Waals surface area contributed by atoms with Gasteiger partial charge in [0.15, 0.2) is 0 Å². The molecule has 3 nitrogen and oxygen atoms in total. The van der Waals surface area contributed by atoms with Gasteiger partial charge in [0.2, 0.25) is 0 Å². The minimum Gasteiger partial charge on any atom is -0.356 e. The third kappa shape index (κ3) is 2.69. The van der Waals surface area contributed by atoms with Crippen LogP contribution in [0.15, 0.2) is 78.9 Å². The molecule has 4 aromatic rings. The number of carbonyl (C=O) groups is 1. The van der Waals surface area contributed by atoms with Gasteiger partial charge in [-0.2, -0.15) is 0 Å². The lowest BCUT2D eigenvalue weighted by atomic mass is 9.91. The van der Waals surface area contributed by atoms with Gasteiger partial charge in [0.05, 0.1) is 6.04 Å². The number of nitrogens with one attached hydrogen (secondary N) is 1. The molecule has 0 fully saturated rings. The summed E-state index contributed by atoms with van der Waals surface area (Å²) in [7, 11) is 0. The fourth-order valence-electron chi connectivity index (χ4n) is 4.20. The van der Waals surface area contributed by atoms with E-state index >= 15 is 0 Å². The highest BCUT2D eigenvalue weighted by atomic mass is 19.1. The minimum atomic E-state index is -0.340. The molecule has 4 heteroatoms. The van der Waals surface area contributed by atoms with E-state index in [2.05, 4.69) is 29.2 Å². The lowest BCUT2D eigenvalue weighted by Gasteiger charge is -2.36. The van der Waals surface area contributed by atoms with Crippen LogP contribution in [0.3, 0.4) is 0 Å². The monoisotopic (exact) mass is 370 g/mol. The molecule has 5 rings (SSSR count). The molecule has 1 aromatic heterocycles. The SMILES string of the molecule is O=C(c1ccc(F)cc1)N1CCc2c([nH]c3ccccc23)[C@@H]1c1ccccc1. The predicted octanol–water partition coefficient (Wildman–Crippen LogP) is 5.09. The molecule has 0 radical (unpaired) electrons. The van der Waals surface area contributed by atoms with Crippen LogP contribution in [0, 0.1) is 5.82 Å². The summed E-state index contributed by atoms with van der Waals surface area (Å²) < 4.78 is 13.3. The van der Waals surface area contributed by atoms with Crippen LogP contribution in [0.2, 0.25) is 0 Å². The van der Waals surface area contributed by atoms with Crippen LogP contribution in [0.1, 0.15) is 33.2 Å². The van der Waals surface area contributed by atoms with Crippen LogP contribution in [-0.2, 0) is 6.42 Å². The average molecular weight is 370 g/mol. The topological polar surface area (TPSA) is 36.1 Å². The average Bonchev–Trinajstić information content (AvgIpc) is 3.12. The Labute approximate surface area is 162 Å². The van der Waals surface area contributed by atoms with Crippen LogP contribution >= 0.6 is 0 Å². The zero-order valence-electron chi connectivity index (χ0n) is 15.2. The summed E-state index contributed by atoms with van der Waals surface area (Å²) in [5.74, 6) is -0.425. The first kappa shape index (κ1) is 16.8. The van der Waals surface area contributed by atoms with Gasteiger partial charge in [0.25, 0.3) is 5.91 Å². The van der Waals surface area contributed by atoms with Crippen LogP contribution in [0.5, 0.6) is 0 Å². The lowest BCUT2D eigenvalue weighted by Crippen LogP contribution is -2.40. The first-order valence-electron chi connectivity index (χ1n) is 9.43. The third-order valence-electron chi connectivity index (χ3n) is 5.50. The molecule has 0 spiro atoms. The maximum Gasteiger partial charge on any atom is 0.254 e. The molecule has 1 atom stereocenters. The highest BCUT2D eigenvalue weighted by molar-refractivity contribution is 5.95. The van der Waals surface area contributed by atoms with E-state index in [1.165, 1.54) is 23.1 Å². The molecule has 0 unspecified atom stereocenters. The van der Waals surface area contributed by atoms with Crippen molar-refractivity contribution >= 4 is 16.8 Å².